The van der Waals surface area contributed by atoms with Crippen LogP contribution in [0.1, 0.15) is 49.1 Å². The number of hydrogen-bond acceptors (Lipinski definition) is 0. The van der Waals surface area contributed by atoms with Gasteiger partial charge in [0.1, 0.15) is 0 Å². The summed E-state index contributed by atoms with van der Waals surface area (Å²) in [6, 6.07) is 31.6. The van der Waals surface area contributed by atoms with E-state index in [9.17, 15) is 0 Å². The topological polar surface area (TPSA) is 0 Å². The van der Waals surface area contributed by atoms with Gasteiger partial charge >= 0.3 is 0 Å². The minimum atomic E-state index is 0.662. The van der Waals surface area contributed by atoms with Crippen molar-refractivity contribution in [1.82, 2.24) is 0 Å². The average molecular weight is 351 g/mol. The Balaban J connectivity index is 1.47. The van der Waals surface area contributed by atoms with Crippen molar-refractivity contribution in [1.29, 1.82) is 0 Å². The van der Waals surface area contributed by atoms with Crippen molar-refractivity contribution in [3.8, 4) is 0 Å². The first kappa shape index (κ1) is 16.6. The zero-order valence-corrected chi connectivity index (χ0v) is 15.9. The van der Waals surface area contributed by atoms with Crippen LogP contribution in [0.4, 0.5) is 0 Å². The molecule has 2 atom stereocenters. The van der Waals surface area contributed by atoms with Gasteiger partial charge in [0, 0.05) is 0 Å². The van der Waals surface area contributed by atoms with Gasteiger partial charge in [-0.3, -0.25) is 0 Å². The van der Waals surface area contributed by atoms with Crippen LogP contribution in [-0.4, -0.2) is 0 Å². The Kier molecular flexibility index (Phi) is 4.20. The zero-order chi connectivity index (χ0) is 18.2. The lowest BCUT2D eigenvalue weighted by Gasteiger charge is -2.34. The van der Waals surface area contributed by atoms with Gasteiger partial charge in [-0.1, -0.05) is 91.9 Å². The summed E-state index contributed by atoms with van der Waals surface area (Å²) >= 11 is 0. The Hall–Kier alpha value is -2.60. The quantitative estimate of drug-likeness (QED) is 0.348. The molecule has 1 fully saturated rings. The first-order valence-electron chi connectivity index (χ1n) is 10.2. The van der Waals surface area contributed by atoms with Gasteiger partial charge in [0.2, 0.25) is 0 Å². The summed E-state index contributed by atoms with van der Waals surface area (Å²) in [6.45, 7) is 2.43. The van der Waals surface area contributed by atoms with Crippen LogP contribution in [-0.2, 0) is 0 Å². The van der Waals surface area contributed by atoms with E-state index in [4.69, 9.17) is 0 Å². The van der Waals surface area contributed by atoms with Gasteiger partial charge in [-0.2, -0.15) is 0 Å². The van der Waals surface area contributed by atoms with Crippen LogP contribution >= 0.6 is 0 Å². The molecule has 0 saturated heterocycles. The lowest BCUT2D eigenvalue weighted by Crippen LogP contribution is -2.19. The highest BCUT2D eigenvalue weighted by atomic mass is 14.3. The van der Waals surface area contributed by atoms with Crippen LogP contribution in [0, 0.1) is 5.92 Å². The molecular formula is C27H26. The fourth-order valence-electron chi connectivity index (χ4n) is 5.07. The summed E-state index contributed by atoms with van der Waals surface area (Å²) in [4.78, 5) is 0. The fraction of sp³-hybridized carbons (Fsp3) is 0.259. The van der Waals surface area contributed by atoms with E-state index >= 15 is 0 Å². The van der Waals surface area contributed by atoms with E-state index in [1.165, 1.54) is 51.9 Å². The van der Waals surface area contributed by atoms with E-state index in [1.807, 2.05) is 0 Å². The molecule has 0 heteroatoms. The van der Waals surface area contributed by atoms with Gasteiger partial charge in [0.15, 0.2) is 0 Å². The highest BCUT2D eigenvalue weighted by Crippen LogP contribution is 2.44. The molecule has 0 bridgehead atoms. The Labute approximate surface area is 161 Å². The van der Waals surface area contributed by atoms with Crippen molar-refractivity contribution in [3.05, 3.63) is 96.1 Å². The van der Waals surface area contributed by atoms with Crippen molar-refractivity contribution < 1.29 is 0 Å². The average Bonchev–Trinajstić information content (AvgIpc) is 2.72. The van der Waals surface area contributed by atoms with Gasteiger partial charge in [-0.15, -0.1) is 0 Å². The SMILES string of the molecule is CC1CC(c2ccc3ccccc3c2)CC(c2ccc3ccccc3c2)C1. The van der Waals surface area contributed by atoms with E-state index in [1.54, 1.807) is 0 Å². The molecule has 0 aliphatic heterocycles. The van der Waals surface area contributed by atoms with Gasteiger partial charge < -0.3 is 0 Å². The third-order valence-electron chi connectivity index (χ3n) is 6.43. The second kappa shape index (κ2) is 6.85. The highest BCUT2D eigenvalue weighted by Gasteiger charge is 2.28. The largest absolute Gasteiger partial charge is 0.0625 e. The van der Waals surface area contributed by atoms with E-state index in [2.05, 4.69) is 91.9 Å². The van der Waals surface area contributed by atoms with Crippen LogP contribution in [0.25, 0.3) is 21.5 Å². The molecule has 4 aromatic rings. The van der Waals surface area contributed by atoms with Crippen LogP contribution in [0.5, 0.6) is 0 Å². The van der Waals surface area contributed by atoms with E-state index in [0.29, 0.717) is 11.8 Å². The van der Waals surface area contributed by atoms with Gasteiger partial charge in [0.05, 0.1) is 0 Å². The lowest BCUT2D eigenvalue weighted by molar-refractivity contribution is 0.307. The molecule has 5 rings (SSSR count). The Morgan fingerprint density at radius 3 is 1.44 bits per heavy atom. The second-order valence-electron chi connectivity index (χ2n) is 8.42. The molecule has 0 amide bonds. The molecule has 0 aromatic heterocycles. The van der Waals surface area contributed by atoms with Crippen molar-refractivity contribution in [2.75, 3.05) is 0 Å². The standard InChI is InChI=1S/C27H26/c1-19-14-26(24-12-10-20-6-2-4-8-22(20)16-24)18-27(15-19)25-13-11-21-7-3-5-9-23(21)17-25/h2-13,16-17,19,26-27H,14-15,18H2,1H3. The lowest BCUT2D eigenvalue weighted by atomic mass is 9.71. The predicted octanol–water partition coefficient (Wildman–Crippen LogP) is 7.68. The normalized spacial score (nSPS) is 22.9. The Morgan fingerprint density at radius 2 is 0.963 bits per heavy atom. The van der Waals surface area contributed by atoms with Gasteiger partial charge in [-0.05, 0) is 69.7 Å². The van der Waals surface area contributed by atoms with Crippen molar-refractivity contribution in [2.24, 2.45) is 5.92 Å². The third kappa shape index (κ3) is 3.25. The molecule has 1 aliphatic carbocycles. The summed E-state index contributed by atoms with van der Waals surface area (Å²) in [6.07, 6.45) is 3.88. The van der Waals surface area contributed by atoms with Crippen LogP contribution in [0.2, 0.25) is 0 Å². The molecule has 2 unspecified atom stereocenters. The first-order valence-corrected chi connectivity index (χ1v) is 10.2. The molecule has 1 aliphatic rings. The summed E-state index contributed by atoms with van der Waals surface area (Å²) in [5.41, 5.74) is 3.04. The minimum Gasteiger partial charge on any atom is -0.0625 e. The fourth-order valence-corrected chi connectivity index (χ4v) is 5.07. The first-order chi connectivity index (χ1) is 13.3. The van der Waals surface area contributed by atoms with Gasteiger partial charge in [-0.25, -0.2) is 0 Å². The van der Waals surface area contributed by atoms with Crippen molar-refractivity contribution in [3.63, 3.8) is 0 Å². The molecule has 1 saturated carbocycles. The van der Waals surface area contributed by atoms with E-state index in [0.717, 1.165) is 5.92 Å². The number of fused-ring (bicyclic) bond motifs is 2. The Morgan fingerprint density at radius 1 is 0.519 bits per heavy atom. The van der Waals surface area contributed by atoms with Crippen LogP contribution < -0.4 is 0 Å². The number of benzene rings is 4. The van der Waals surface area contributed by atoms with Crippen LogP contribution in [0.3, 0.4) is 0 Å². The van der Waals surface area contributed by atoms with Crippen LogP contribution in [0.15, 0.2) is 84.9 Å². The molecule has 4 aromatic carbocycles. The Bertz CT molecular complexity index is 1000. The third-order valence-corrected chi connectivity index (χ3v) is 6.43. The smallest absolute Gasteiger partial charge is 0.0153 e. The second-order valence-corrected chi connectivity index (χ2v) is 8.42. The summed E-state index contributed by atoms with van der Waals surface area (Å²) in [5.74, 6) is 2.09. The van der Waals surface area contributed by atoms with Gasteiger partial charge in [0.25, 0.3) is 0 Å². The van der Waals surface area contributed by atoms with E-state index < -0.39 is 0 Å². The highest BCUT2D eigenvalue weighted by molar-refractivity contribution is 5.84. The predicted molar refractivity (Wildman–Crippen MR) is 116 cm³/mol. The molecule has 27 heavy (non-hydrogen) atoms. The molecule has 0 heterocycles. The van der Waals surface area contributed by atoms with Crippen molar-refractivity contribution in [2.45, 2.75) is 38.0 Å². The molecule has 0 nitrogen and oxygen atoms in total. The summed E-state index contributed by atoms with van der Waals surface area (Å²) in [7, 11) is 0. The van der Waals surface area contributed by atoms with E-state index in [-0.39, 0.29) is 0 Å². The minimum absolute atomic E-state index is 0.662. The molecular weight excluding hydrogens is 324 g/mol. The van der Waals surface area contributed by atoms with Crippen molar-refractivity contribution >= 4 is 21.5 Å². The maximum atomic E-state index is 2.43. The molecule has 0 spiro atoms. The monoisotopic (exact) mass is 350 g/mol. The maximum absolute atomic E-state index is 2.43. The maximum Gasteiger partial charge on any atom is -0.0153 e. The number of hydrogen-bond donors (Lipinski definition) is 0. The zero-order valence-electron chi connectivity index (χ0n) is 15.9. The molecule has 134 valence electrons. The number of rotatable bonds is 2. The summed E-state index contributed by atoms with van der Waals surface area (Å²) < 4.78 is 0. The molecule has 0 N–H and O–H groups in total. The molecule has 0 radical (unpaired) electrons. The summed E-state index contributed by atoms with van der Waals surface area (Å²) in [5, 5.41) is 5.43.